The van der Waals surface area contributed by atoms with E-state index in [9.17, 15) is 24.3 Å². The van der Waals surface area contributed by atoms with Crippen LogP contribution in [-0.4, -0.2) is 54.3 Å². The van der Waals surface area contributed by atoms with Crippen molar-refractivity contribution in [2.45, 2.75) is 57.7 Å². The zero-order valence-electron chi connectivity index (χ0n) is 25.5. The average Bonchev–Trinajstić information content (AvgIpc) is 3.34. The number of fused-ring (bicyclic) bond motifs is 3. The largest absolute Gasteiger partial charge is 0.449 e. The summed E-state index contributed by atoms with van der Waals surface area (Å²) in [5, 5.41) is 20.0. The molecule has 238 valence electrons. The lowest BCUT2D eigenvalue weighted by molar-refractivity contribution is -0.128. The molecule has 2 atom stereocenters. The van der Waals surface area contributed by atoms with Crippen LogP contribution >= 0.6 is 0 Å². The van der Waals surface area contributed by atoms with Crippen molar-refractivity contribution in [2.24, 2.45) is 11.7 Å². The summed E-state index contributed by atoms with van der Waals surface area (Å²) in [5.74, 6) is -1.08. The SMILES string of the molecule is CC(C)C[C@H](NC(=O)OCC1c2ccccc2-c2ccccc21)C(=O)N[C@@H](CCCNC(N)=O)C(=O)Nc1ccc(CO)cc1. The number of alkyl carbamates (subject to hydrolysis) is 1. The molecule has 0 aliphatic heterocycles. The number of amides is 5. The summed E-state index contributed by atoms with van der Waals surface area (Å²) < 4.78 is 5.67. The molecule has 0 heterocycles. The highest BCUT2D eigenvalue weighted by Gasteiger charge is 2.31. The number of anilines is 1. The number of ether oxygens (including phenoxy) is 1. The van der Waals surface area contributed by atoms with Crippen LogP contribution in [0.2, 0.25) is 0 Å². The Morgan fingerprint density at radius 3 is 2.04 bits per heavy atom. The predicted molar refractivity (Wildman–Crippen MR) is 171 cm³/mol. The number of benzene rings is 3. The van der Waals surface area contributed by atoms with Crippen molar-refractivity contribution in [1.29, 1.82) is 0 Å². The fourth-order valence-electron chi connectivity index (χ4n) is 5.47. The molecule has 0 aromatic heterocycles. The van der Waals surface area contributed by atoms with Crippen molar-refractivity contribution in [1.82, 2.24) is 16.0 Å². The lowest BCUT2D eigenvalue weighted by atomic mass is 9.98. The van der Waals surface area contributed by atoms with E-state index < -0.39 is 36.0 Å². The second kappa shape index (κ2) is 15.7. The Labute approximate surface area is 262 Å². The first kappa shape index (κ1) is 33.0. The first-order chi connectivity index (χ1) is 21.7. The molecule has 0 unspecified atom stereocenters. The molecule has 0 spiro atoms. The first-order valence-corrected chi connectivity index (χ1v) is 15.1. The zero-order valence-corrected chi connectivity index (χ0v) is 25.5. The van der Waals surface area contributed by atoms with Gasteiger partial charge in [0.05, 0.1) is 6.61 Å². The third-order valence-corrected chi connectivity index (χ3v) is 7.67. The molecule has 11 heteroatoms. The van der Waals surface area contributed by atoms with Gasteiger partial charge in [-0.2, -0.15) is 0 Å². The van der Waals surface area contributed by atoms with Gasteiger partial charge in [0.15, 0.2) is 0 Å². The lowest BCUT2D eigenvalue weighted by Gasteiger charge is -2.24. The summed E-state index contributed by atoms with van der Waals surface area (Å²) in [6, 6.07) is 20.1. The number of urea groups is 1. The molecule has 0 saturated heterocycles. The highest BCUT2D eigenvalue weighted by atomic mass is 16.5. The summed E-state index contributed by atoms with van der Waals surface area (Å²) in [6.45, 7) is 4.04. The molecule has 0 saturated carbocycles. The van der Waals surface area contributed by atoms with Crippen LogP contribution in [0, 0.1) is 5.92 Å². The molecule has 3 aromatic rings. The van der Waals surface area contributed by atoms with Crippen LogP contribution in [0.15, 0.2) is 72.8 Å². The van der Waals surface area contributed by atoms with Crippen LogP contribution in [0.25, 0.3) is 11.1 Å². The summed E-state index contributed by atoms with van der Waals surface area (Å²) in [4.78, 5) is 50.9. The van der Waals surface area contributed by atoms with Gasteiger partial charge in [-0.15, -0.1) is 0 Å². The minimum atomic E-state index is -0.969. The number of carbonyl (C=O) groups excluding carboxylic acids is 4. The van der Waals surface area contributed by atoms with Gasteiger partial charge in [0.25, 0.3) is 0 Å². The molecule has 5 amide bonds. The molecule has 45 heavy (non-hydrogen) atoms. The third kappa shape index (κ3) is 9.05. The molecule has 0 radical (unpaired) electrons. The van der Waals surface area contributed by atoms with Gasteiger partial charge in [0.1, 0.15) is 18.7 Å². The van der Waals surface area contributed by atoms with Gasteiger partial charge >= 0.3 is 12.1 Å². The Morgan fingerprint density at radius 2 is 1.47 bits per heavy atom. The second-order valence-corrected chi connectivity index (χ2v) is 11.5. The van der Waals surface area contributed by atoms with Crippen LogP contribution in [0.3, 0.4) is 0 Å². The van der Waals surface area contributed by atoms with Gasteiger partial charge in [0, 0.05) is 18.2 Å². The van der Waals surface area contributed by atoms with Gasteiger partial charge in [-0.05, 0) is 65.1 Å². The van der Waals surface area contributed by atoms with Crippen molar-refractivity contribution in [3.05, 3.63) is 89.5 Å². The number of aliphatic hydroxyl groups is 1. The van der Waals surface area contributed by atoms with Crippen LogP contribution in [0.5, 0.6) is 0 Å². The molecule has 4 rings (SSSR count). The maximum absolute atomic E-state index is 13.5. The number of primary amides is 1. The van der Waals surface area contributed by atoms with E-state index in [2.05, 4.69) is 33.4 Å². The van der Waals surface area contributed by atoms with Crippen molar-refractivity contribution in [3.63, 3.8) is 0 Å². The van der Waals surface area contributed by atoms with Crippen molar-refractivity contribution >= 4 is 29.6 Å². The normalized spacial score (nSPS) is 13.2. The minimum absolute atomic E-state index is 0.0479. The predicted octanol–water partition coefficient (Wildman–Crippen LogP) is 4.00. The third-order valence-electron chi connectivity index (χ3n) is 7.67. The van der Waals surface area contributed by atoms with Crippen LogP contribution in [-0.2, 0) is 20.9 Å². The summed E-state index contributed by atoms with van der Waals surface area (Å²) in [5.41, 5.74) is 10.7. The Balaban J connectivity index is 1.41. The summed E-state index contributed by atoms with van der Waals surface area (Å²) >= 11 is 0. The average molecular weight is 616 g/mol. The van der Waals surface area contributed by atoms with Gasteiger partial charge in [-0.1, -0.05) is 74.5 Å². The first-order valence-electron chi connectivity index (χ1n) is 15.1. The van der Waals surface area contributed by atoms with Crippen molar-refractivity contribution in [2.75, 3.05) is 18.5 Å². The van der Waals surface area contributed by atoms with E-state index >= 15 is 0 Å². The Hall–Kier alpha value is -4.90. The van der Waals surface area contributed by atoms with Crippen molar-refractivity contribution in [3.8, 4) is 11.1 Å². The highest BCUT2D eigenvalue weighted by Crippen LogP contribution is 2.44. The topological polar surface area (TPSA) is 172 Å². The van der Waals surface area contributed by atoms with E-state index in [0.717, 1.165) is 22.3 Å². The van der Waals surface area contributed by atoms with Crippen molar-refractivity contribution < 1.29 is 29.0 Å². The standard InChI is InChI=1S/C34H41N5O6/c1-21(2)18-30(39-34(44)45-20-28-26-10-5-3-8-24(26)25-9-4-6-11-27(25)28)32(42)38-29(12-7-17-36-33(35)43)31(41)37-23-15-13-22(19-40)14-16-23/h3-6,8-11,13-16,21,28-30,40H,7,12,17-20H2,1-2H3,(H,37,41)(H,38,42)(H,39,44)(H3,35,36,43)/t29-,30-/m0/s1. The summed E-state index contributed by atoms with van der Waals surface area (Å²) in [6.07, 6.45) is 0.148. The Kier molecular flexibility index (Phi) is 11.5. The smallest absolute Gasteiger partial charge is 0.407 e. The van der Waals surface area contributed by atoms with E-state index in [0.29, 0.717) is 24.1 Å². The van der Waals surface area contributed by atoms with E-state index in [4.69, 9.17) is 10.5 Å². The minimum Gasteiger partial charge on any atom is -0.449 e. The number of carbonyl (C=O) groups is 4. The van der Waals surface area contributed by atoms with E-state index in [1.807, 2.05) is 50.2 Å². The number of nitrogens with two attached hydrogens (primary N) is 1. The highest BCUT2D eigenvalue weighted by molar-refractivity contribution is 5.98. The number of rotatable bonds is 14. The Bertz CT molecular complexity index is 1450. The monoisotopic (exact) mass is 615 g/mol. The van der Waals surface area contributed by atoms with E-state index in [-0.39, 0.29) is 38.0 Å². The molecule has 7 N–H and O–H groups in total. The maximum Gasteiger partial charge on any atom is 0.407 e. The maximum atomic E-state index is 13.5. The fourth-order valence-corrected chi connectivity index (χ4v) is 5.47. The van der Waals surface area contributed by atoms with E-state index in [1.165, 1.54) is 0 Å². The van der Waals surface area contributed by atoms with Gasteiger partial charge in [0.2, 0.25) is 11.8 Å². The Morgan fingerprint density at radius 1 is 0.844 bits per heavy atom. The van der Waals surface area contributed by atoms with E-state index in [1.54, 1.807) is 24.3 Å². The molecule has 0 fully saturated rings. The number of hydrogen-bond acceptors (Lipinski definition) is 6. The van der Waals surface area contributed by atoms with Gasteiger partial charge in [-0.25, -0.2) is 9.59 Å². The lowest BCUT2D eigenvalue weighted by Crippen LogP contribution is -2.53. The molecule has 0 bridgehead atoms. The van der Waals surface area contributed by atoms with Gasteiger partial charge in [-0.3, -0.25) is 9.59 Å². The molecule has 1 aliphatic rings. The van der Waals surface area contributed by atoms with Crippen LogP contribution < -0.4 is 27.0 Å². The second-order valence-electron chi connectivity index (χ2n) is 11.5. The van der Waals surface area contributed by atoms with Crippen LogP contribution in [0.4, 0.5) is 15.3 Å². The molecular formula is C34H41N5O6. The number of nitrogens with one attached hydrogen (secondary N) is 4. The number of hydrogen-bond donors (Lipinski definition) is 6. The van der Waals surface area contributed by atoms with Gasteiger partial charge < -0.3 is 36.8 Å². The molecular weight excluding hydrogens is 574 g/mol. The molecule has 11 nitrogen and oxygen atoms in total. The quantitative estimate of drug-likeness (QED) is 0.150. The van der Waals surface area contributed by atoms with Crippen LogP contribution in [0.1, 0.15) is 55.7 Å². The molecule has 3 aromatic carbocycles. The fraction of sp³-hybridized carbons (Fsp3) is 0.353. The molecule has 1 aliphatic carbocycles. The number of aliphatic hydroxyl groups excluding tert-OH is 1. The zero-order chi connectivity index (χ0) is 32.3. The summed E-state index contributed by atoms with van der Waals surface area (Å²) in [7, 11) is 0.